The molecule has 2 saturated heterocycles. The minimum absolute atomic E-state index is 0.227. The summed E-state index contributed by atoms with van der Waals surface area (Å²) in [6, 6.07) is 8.49. The van der Waals surface area contributed by atoms with Crippen LogP contribution < -0.4 is 11.3 Å². The van der Waals surface area contributed by atoms with Crippen LogP contribution in [0.3, 0.4) is 0 Å². The van der Waals surface area contributed by atoms with Crippen LogP contribution in [-0.2, 0) is 6.54 Å². The second-order valence-electron chi connectivity index (χ2n) is 6.09. The Morgan fingerprint density at radius 3 is 3.00 bits per heavy atom. The second kappa shape index (κ2) is 6.56. The lowest BCUT2D eigenvalue weighted by molar-refractivity contribution is 0.0953. The molecule has 21 heavy (non-hydrogen) atoms. The van der Waals surface area contributed by atoms with Crippen molar-refractivity contribution in [3.63, 3.8) is 0 Å². The number of benzene rings is 1. The predicted molar refractivity (Wildman–Crippen MR) is 82.6 cm³/mol. The highest BCUT2D eigenvalue weighted by Crippen LogP contribution is 2.22. The zero-order valence-electron chi connectivity index (χ0n) is 12.4. The van der Waals surface area contributed by atoms with E-state index in [2.05, 4.69) is 21.3 Å². The Kier molecular flexibility index (Phi) is 4.53. The number of nitrogens with zero attached hydrogens (tertiary/aromatic N) is 2. The first kappa shape index (κ1) is 14.5. The monoisotopic (exact) mass is 288 g/mol. The lowest BCUT2D eigenvalue weighted by atomic mass is 10.1. The number of hydrogen-bond acceptors (Lipinski definition) is 4. The zero-order chi connectivity index (χ0) is 14.7. The topological polar surface area (TPSA) is 61.6 Å². The van der Waals surface area contributed by atoms with Gasteiger partial charge in [0.25, 0.3) is 5.91 Å². The fourth-order valence-electron chi connectivity index (χ4n) is 3.58. The Labute approximate surface area is 126 Å². The number of rotatable bonds is 3. The van der Waals surface area contributed by atoms with Crippen LogP contribution in [0.4, 0.5) is 0 Å². The molecule has 2 heterocycles. The molecule has 2 fully saturated rings. The quantitative estimate of drug-likeness (QED) is 0.494. The molecule has 3 N–H and O–H groups in total. The average molecular weight is 288 g/mol. The van der Waals surface area contributed by atoms with Crippen molar-refractivity contribution >= 4 is 5.91 Å². The normalized spacial score (nSPS) is 23.6. The molecule has 0 spiro atoms. The molecule has 5 heteroatoms. The van der Waals surface area contributed by atoms with Crippen LogP contribution in [0.1, 0.15) is 35.2 Å². The minimum atomic E-state index is -0.227. The summed E-state index contributed by atoms with van der Waals surface area (Å²) in [5.74, 6) is 4.97. The van der Waals surface area contributed by atoms with E-state index >= 15 is 0 Å². The number of fused-ring (bicyclic) bond motifs is 1. The molecule has 114 valence electrons. The van der Waals surface area contributed by atoms with Crippen LogP contribution in [0.5, 0.6) is 0 Å². The van der Waals surface area contributed by atoms with Crippen LogP contribution in [-0.4, -0.2) is 47.9 Å². The Morgan fingerprint density at radius 1 is 1.29 bits per heavy atom. The number of hydrazine groups is 1. The maximum atomic E-state index is 11.6. The molecule has 0 radical (unpaired) electrons. The van der Waals surface area contributed by atoms with Crippen molar-refractivity contribution < 1.29 is 4.79 Å². The third-order valence-corrected chi connectivity index (χ3v) is 4.61. The summed E-state index contributed by atoms with van der Waals surface area (Å²) in [6.07, 6.45) is 3.90. The Hall–Kier alpha value is -1.43. The molecule has 2 aliphatic heterocycles. The predicted octanol–water partition coefficient (Wildman–Crippen LogP) is 0.960. The van der Waals surface area contributed by atoms with Crippen LogP contribution in [0.2, 0.25) is 0 Å². The maximum absolute atomic E-state index is 11.6. The Morgan fingerprint density at radius 2 is 2.14 bits per heavy atom. The maximum Gasteiger partial charge on any atom is 0.265 e. The van der Waals surface area contributed by atoms with Gasteiger partial charge < -0.3 is 0 Å². The van der Waals surface area contributed by atoms with Crippen molar-refractivity contribution in [2.45, 2.75) is 31.8 Å². The summed E-state index contributed by atoms with van der Waals surface area (Å²) < 4.78 is 0. The molecule has 0 aliphatic carbocycles. The molecule has 5 nitrogen and oxygen atoms in total. The summed E-state index contributed by atoms with van der Waals surface area (Å²) in [7, 11) is 0. The van der Waals surface area contributed by atoms with Gasteiger partial charge in [-0.1, -0.05) is 12.1 Å². The number of nitrogens with one attached hydrogen (secondary N) is 1. The van der Waals surface area contributed by atoms with Gasteiger partial charge >= 0.3 is 0 Å². The van der Waals surface area contributed by atoms with Crippen molar-refractivity contribution in [2.75, 3.05) is 26.2 Å². The molecule has 1 aromatic carbocycles. The van der Waals surface area contributed by atoms with Crippen molar-refractivity contribution in [3.8, 4) is 0 Å². The van der Waals surface area contributed by atoms with Crippen LogP contribution in [0, 0.1) is 0 Å². The van der Waals surface area contributed by atoms with E-state index in [1.807, 2.05) is 12.1 Å². The summed E-state index contributed by atoms with van der Waals surface area (Å²) in [5.41, 5.74) is 4.01. The third kappa shape index (κ3) is 3.43. The molecule has 1 unspecified atom stereocenters. The molecule has 1 aromatic rings. The van der Waals surface area contributed by atoms with Gasteiger partial charge in [0.2, 0.25) is 0 Å². The van der Waals surface area contributed by atoms with E-state index in [1.165, 1.54) is 37.9 Å². The van der Waals surface area contributed by atoms with Gasteiger partial charge in [-0.3, -0.25) is 20.0 Å². The Bertz CT molecular complexity index is 505. The second-order valence-corrected chi connectivity index (χ2v) is 6.09. The summed E-state index contributed by atoms with van der Waals surface area (Å²) in [5, 5.41) is 0. The molecule has 3 rings (SSSR count). The van der Waals surface area contributed by atoms with E-state index in [-0.39, 0.29) is 5.91 Å². The fraction of sp³-hybridized carbons (Fsp3) is 0.562. The fourth-order valence-corrected chi connectivity index (χ4v) is 3.58. The lowest BCUT2D eigenvalue weighted by Crippen LogP contribution is -2.36. The number of carbonyl (C=O) groups excluding carboxylic acids is 1. The minimum Gasteiger partial charge on any atom is -0.299 e. The van der Waals surface area contributed by atoms with Gasteiger partial charge in [0.1, 0.15) is 0 Å². The molecular weight excluding hydrogens is 264 g/mol. The highest BCUT2D eigenvalue weighted by atomic mass is 16.2. The summed E-state index contributed by atoms with van der Waals surface area (Å²) in [6.45, 7) is 5.70. The zero-order valence-corrected chi connectivity index (χ0v) is 12.4. The number of hydrogen-bond donors (Lipinski definition) is 2. The third-order valence-electron chi connectivity index (χ3n) is 4.61. The first-order valence-electron chi connectivity index (χ1n) is 7.82. The van der Waals surface area contributed by atoms with Gasteiger partial charge in [0.15, 0.2) is 0 Å². The van der Waals surface area contributed by atoms with Gasteiger partial charge in [-0.05, 0) is 56.6 Å². The highest BCUT2D eigenvalue weighted by Gasteiger charge is 2.28. The Balaban J connectivity index is 1.66. The summed E-state index contributed by atoms with van der Waals surface area (Å²) in [4.78, 5) is 16.8. The van der Waals surface area contributed by atoms with Crippen molar-refractivity contribution in [3.05, 3.63) is 35.4 Å². The van der Waals surface area contributed by atoms with E-state index in [0.717, 1.165) is 25.7 Å². The first-order chi connectivity index (χ1) is 10.3. The molecular formula is C16H24N4O. The van der Waals surface area contributed by atoms with Crippen LogP contribution >= 0.6 is 0 Å². The molecule has 0 aromatic heterocycles. The van der Waals surface area contributed by atoms with Gasteiger partial charge in [-0.15, -0.1) is 0 Å². The standard InChI is InChI=1S/C16H24N4O/c17-18-16(21)14-5-1-4-13(10-14)11-19-7-3-9-20-8-2-6-15(20)12-19/h1,4-5,10,15H,2-3,6-9,11-12,17H2,(H,18,21). The number of nitrogens with two attached hydrogens (primary N) is 1. The smallest absolute Gasteiger partial charge is 0.265 e. The number of carbonyl (C=O) groups is 1. The van der Waals surface area contributed by atoms with Gasteiger partial charge in [-0.2, -0.15) is 0 Å². The van der Waals surface area contributed by atoms with Crippen molar-refractivity contribution in [2.24, 2.45) is 5.84 Å². The SMILES string of the molecule is NNC(=O)c1cccc(CN2CCCN3CCCC3C2)c1. The van der Waals surface area contributed by atoms with E-state index in [1.54, 1.807) is 6.07 Å². The molecule has 2 aliphatic rings. The average Bonchev–Trinajstić information content (AvgIpc) is 2.85. The molecule has 1 atom stereocenters. The number of nitrogen functional groups attached to an aromatic ring is 1. The lowest BCUT2D eigenvalue weighted by Gasteiger charge is -2.25. The van der Waals surface area contributed by atoms with Gasteiger partial charge in [0, 0.05) is 24.7 Å². The molecule has 0 saturated carbocycles. The van der Waals surface area contributed by atoms with Gasteiger partial charge in [0.05, 0.1) is 0 Å². The van der Waals surface area contributed by atoms with Crippen LogP contribution in [0.25, 0.3) is 0 Å². The van der Waals surface area contributed by atoms with Crippen LogP contribution in [0.15, 0.2) is 24.3 Å². The molecule has 1 amide bonds. The molecule has 0 bridgehead atoms. The largest absolute Gasteiger partial charge is 0.299 e. The van der Waals surface area contributed by atoms with E-state index in [0.29, 0.717) is 5.56 Å². The van der Waals surface area contributed by atoms with E-state index in [4.69, 9.17) is 5.84 Å². The van der Waals surface area contributed by atoms with E-state index < -0.39 is 0 Å². The van der Waals surface area contributed by atoms with E-state index in [9.17, 15) is 4.79 Å². The van der Waals surface area contributed by atoms with Crippen molar-refractivity contribution in [1.82, 2.24) is 15.2 Å². The first-order valence-corrected chi connectivity index (χ1v) is 7.82. The van der Waals surface area contributed by atoms with Crippen molar-refractivity contribution in [1.29, 1.82) is 0 Å². The number of amides is 1. The summed E-state index contributed by atoms with van der Waals surface area (Å²) >= 11 is 0. The van der Waals surface area contributed by atoms with Gasteiger partial charge in [-0.25, -0.2) is 5.84 Å². The highest BCUT2D eigenvalue weighted by molar-refractivity contribution is 5.93.